The molecule has 0 fully saturated rings. The predicted octanol–water partition coefficient (Wildman–Crippen LogP) is 1.62. The second-order valence-electron chi connectivity index (χ2n) is 4.32. The summed E-state index contributed by atoms with van der Waals surface area (Å²) in [6, 6.07) is 0. The van der Waals surface area contributed by atoms with Crippen LogP contribution in [0.4, 0.5) is 0 Å². The highest BCUT2D eigenvalue weighted by atomic mass is 32.1. The monoisotopic (exact) mass is 213 g/mol. The highest BCUT2D eigenvalue weighted by molar-refractivity contribution is 7.09. The Morgan fingerprint density at radius 2 is 2.14 bits per heavy atom. The van der Waals surface area contributed by atoms with Gasteiger partial charge in [0.05, 0.1) is 5.51 Å². The summed E-state index contributed by atoms with van der Waals surface area (Å²) in [5, 5.41) is 6.80. The van der Waals surface area contributed by atoms with Gasteiger partial charge in [-0.1, -0.05) is 0 Å². The molecule has 0 saturated carbocycles. The van der Waals surface area contributed by atoms with Gasteiger partial charge in [-0.2, -0.15) is 0 Å². The number of hydrogen-bond donors (Lipinski definition) is 2. The van der Waals surface area contributed by atoms with E-state index in [2.05, 4.69) is 36.4 Å². The van der Waals surface area contributed by atoms with E-state index in [1.807, 2.05) is 11.7 Å². The molecule has 0 amide bonds. The van der Waals surface area contributed by atoms with Crippen LogP contribution in [0.2, 0.25) is 0 Å². The summed E-state index contributed by atoms with van der Waals surface area (Å²) in [4.78, 5) is 5.32. The molecule has 2 N–H and O–H groups in total. The van der Waals surface area contributed by atoms with Gasteiger partial charge in [-0.15, -0.1) is 11.3 Å². The molecule has 4 heteroatoms. The number of aromatic nitrogens is 1. The Morgan fingerprint density at radius 3 is 2.71 bits per heavy atom. The molecule has 0 aromatic carbocycles. The van der Waals surface area contributed by atoms with E-state index in [4.69, 9.17) is 0 Å². The van der Waals surface area contributed by atoms with Gasteiger partial charge in [-0.05, 0) is 20.8 Å². The summed E-state index contributed by atoms with van der Waals surface area (Å²) in [7, 11) is 0. The smallest absolute Gasteiger partial charge is 0.0794 e. The second-order valence-corrected chi connectivity index (χ2v) is 5.29. The van der Waals surface area contributed by atoms with Gasteiger partial charge >= 0.3 is 0 Å². The zero-order valence-corrected chi connectivity index (χ0v) is 9.95. The number of rotatable bonds is 5. The Bertz CT molecular complexity index is 238. The molecule has 0 aliphatic heterocycles. The highest BCUT2D eigenvalue weighted by Gasteiger charge is 2.06. The standard InChI is InChI=1S/C10H19N3S/c1-10(2,3)13-5-4-11-6-9-7-12-8-14-9/h7-8,11,13H,4-6H2,1-3H3. The summed E-state index contributed by atoms with van der Waals surface area (Å²) in [6.07, 6.45) is 1.91. The Morgan fingerprint density at radius 1 is 1.36 bits per heavy atom. The van der Waals surface area contributed by atoms with Crippen molar-refractivity contribution in [2.75, 3.05) is 13.1 Å². The first-order valence-electron chi connectivity index (χ1n) is 4.91. The molecule has 0 spiro atoms. The molecule has 3 nitrogen and oxygen atoms in total. The maximum absolute atomic E-state index is 4.02. The van der Waals surface area contributed by atoms with E-state index in [-0.39, 0.29) is 5.54 Å². The fourth-order valence-electron chi connectivity index (χ4n) is 1.07. The van der Waals surface area contributed by atoms with Crippen LogP contribution in [0.15, 0.2) is 11.7 Å². The maximum Gasteiger partial charge on any atom is 0.0794 e. The molecule has 0 bridgehead atoms. The van der Waals surface area contributed by atoms with E-state index >= 15 is 0 Å². The van der Waals surface area contributed by atoms with Crippen LogP contribution < -0.4 is 10.6 Å². The molecule has 1 heterocycles. The van der Waals surface area contributed by atoms with Gasteiger partial charge in [0.25, 0.3) is 0 Å². The van der Waals surface area contributed by atoms with Crippen LogP contribution in [0.25, 0.3) is 0 Å². The van der Waals surface area contributed by atoms with Gasteiger partial charge in [0.1, 0.15) is 0 Å². The summed E-state index contributed by atoms with van der Waals surface area (Å²) >= 11 is 1.69. The molecule has 0 unspecified atom stereocenters. The van der Waals surface area contributed by atoms with Crippen molar-refractivity contribution in [3.63, 3.8) is 0 Å². The molecule has 0 radical (unpaired) electrons. The van der Waals surface area contributed by atoms with Crippen LogP contribution in [0.5, 0.6) is 0 Å². The minimum atomic E-state index is 0.214. The third-order valence-corrected chi connectivity index (χ3v) is 2.52. The minimum absolute atomic E-state index is 0.214. The van der Waals surface area contributed by atoms with Crippen LogP contribution >= 0.6 is 11.3 Å². The van der Waals surface area contributed by atoms with Crippen molar-refractivity contribution in [1.82, 2.24) is 15.6 Å². The third kappa shape index (κ3) is 5.32. The number of hydrogen-bond acceptors (Lipinski definition) is 4. The van der Waals surface area contributed by atoms with Gasteiger partial charge < -0.3 is 10.6 Å². The van der Waals surface area contributed by atoms with Gasteiger partial charge in [0.15, 0.2) is 0 Å². The molecule has 0 saturated heterocycles. The van der Waals surface area contributed by atoms with E-state index in [9.17, 15) is 0 Å². The van der Waals surface area contributed by atoms with Crippen molar-refractivity contribution in [2.45, 2.75) is 32.9 Å². The van der Waals surface area contributed by atoms with E-state index < -0.39 is 0 Å². The van der Waals surface area contributed by atoms with Crippen molar-refractivity contribution < 1.29 is 0 Å². The third-order valence-electron chi connectivity index (χ3n) is 1.74. The van der Waals surface area contributed by atoms with Gasteiger partial charge in [-0.25, -0.2) is 0 Å². The van der Waals surface area contributed by atoms with Crippen LogP contribution in [0.3, 0.4) is 0 Å². The molecule has 0 atom stereocenters. The summed E-state index contributed by atoms with van der Waals surface area (Å²) in [5.74, 6) is 0. The highest BCUT2D eigenvalue weighted by Crippen LogP contribution is 2.03. The average molecular weight is 213 g/mol. The molecule has 0 aliphatic carbocycles. The Kier molecular flexibility index (Phi) is 4.51. The topological polar surface area (TPSA) is 37.0 Å². The molecule has 1 aromatic heterocycles. The lowest BCUT2D eigenvalue weighted by atomic mass is 10.1. The molecule has 14 heavy (non-hydrogen) atoms. The fourth-order valence-corrected chi connectivity index (χ4v) is 1.63. The minimum Gasteiger partial charge on any atom is -0.311 e. The summed E-state index contributed by atoms with van der Waals surface area (Å²) in [5.41, 5.74) is 2.08. The Balaban J connectivity index is 2.00. The van der Waals surface area contributed by atoms with E-state index in [1.165, 1.54) is 4.88 Å². The molecule has 1 aromatic rings. The van der Waals surface area contributed by atoms with Crippen molar-refractivity contribution in [3.05, 3.63) is 16.6 Å². The van der Waals surface area contributed by atoms with Crippen LogP contribution in [0.1, 0.15) is 25.6 Å². The van der Waals surface area contributed by atoms with Crippen LogP contribution in [-0.2, 0) is 6.54 Å². The first-order chi connectivity index (χ1) is 6.58. The quantitative estimate of drug-likeness (QED) is 0.730. The van der Waals surface area contributed by atoms with E-state index in [0.717, 1.165) is 19.6 Å². The lowest BCUT2D eigenvalue weighted by molar-refractivity contribution is 0.421. The number of nitrogens with zero attached hydrogens (tertiary/aromatic N) is 1. The first-order valence-corrected chi connectivity index (χ1v) is 5.79. The van der Waals surface area contributed by atoms with Crippen molar-refractivity contribution >= 4 is 11.3 Å². The SMILES string of the molecule is CC(C)(C)NCCNCc1cncs1. The molecular formula is C10H19N3S. The zero-order valence-electron chi connectivity index (χ0n) is 9.13. The summed E-state index contributed by atoms with van der Waals surface area (Å²) < 4.78 is 0. The lowest BCUT2D eigenvalue weighted by Gasteiger charge is -2.20. The van der Waals surface area contributed by atoms with Crippen LogP contribution in [0, 0.1) is 0 Å². The maximum atomic E-state index is 4.02. The van der Waals surface area contributed by atoms with Crippen LogP contribution in [-0.4, -0.2) is 23.6 Å². The predicted molar refractivity (Wildman–Crippen MR) is 61.6 cm³/mol. The normalized spacial score (nSPS) is 11.9. The van der Waals surface area contributed by atoms with E-state index in [1.54, 1.807) is 11.3 Å². The lowest BCUT2D eigenvalue weighted by Crippen LogP contribution is -2.40. The molecule has 0 aliphatic rings. The van der Waals surface area contributed by atoms with Crippen molar-refractivity contribution in [2.24, 2.45) is 0 Å². The Hall–Kier alpha value is -0.450. The van der Waals surface area contributed by atoms with Gasteiger partial charge in [0, 0.05) is 36.2 Å². The molecule has 1 rings (SSSR count). The largest absolute Gasteiger partial charge is 0.311 e. The molecule has 80 valence electrons. The Labute approximate surface area is 89.9 Å². The van der Waals surface area contributed by atoms with Gasteiger partial charge in [0.2, 0.25) is 0 Å². The average Bonchev–Trinajstić information content (AvgIpc) is 2.54. The zero-order chi connectivity index (χ0) is 10.4. The fraction of sp³-hybridized carbons (Fsp3) is 0.700. The summed E-state index contributed by atoms with van der Waals surface area (Å²) in [6.45, 7) is 9.45. The molecular weight excluding hydrogens is 194 g/mol. The first kappa shape index (κ1) is 11.6. The number of thiazole rings is 1. The van der Waals surface area contributed by atoms with E-state index in [0.29, 0.717) is 0 Å². The van der Waals surface area contributed by atoms with Crippen molar-refractivity contribution in [3.8, 4) is 0 Å². The van der Waals surface area contributed by atoms with Crippen molar-refractivity contribution in [1.29, 1.82) is 0 Å². The van der Waals surface area contributed by atoms with Gasteiger partial charge in [-0.3, -0.25) is 4.98 Å². The number of nitrogens with one attached hydrogen (secondary N) is 2. The second kappa shape index (κ2) is 5.44.